The van der Waals surface area contributed by atoms with Crippen molar-refractivity contribution in [3.63, 3.8) is 0 Å². The van der Waals surface area contributed by atoms with Crippen LogP contribution in [0.5, 0.6) is 0 Å². The summed E-state index contributed by atoms with van der Waals surface area (Å²) in [7, 11) is 0. The molecule has 1 aliphatic rings. The molecule has 2 aromatic rings. The summed E-state index contributed by atoms with van der Waals surface area (Å²) in [6.45, 7) is 1.38. The van der Waals surface area contributed by atoms with E-state index in [4.69, 9.17) is 0 Å². The predicted molar refractivity (Wildman–Crippen MR) is 87.9 cm³/mol. The summed E-state index contributed by atoms with van der Waals surface area (Å²) in [5.41, 5.74) is 0.672. The molecule has 3 rings (SSSR count). The molecule has 1 aromatic heterocycles. The second-order valence-electron chi connectivity index (χ2n) is 5.18. The summed E-state index contributed by atoms with van der Waals surface area (Å²) in [6.07, 6.45) is 4.55. The lowest BCUT2D eigenvalue weighted by molar-refractivity contribution is 0.0949. The van der Waals surface area contributed by atoms with Crippen molar-refractivity contribution < 1.29 is 4.79 Å². The molecular weight excluding hydrogens is 379 g/mol. The van der Waals surface area contributed by atoms with Crippen molar-refractivity contribution in [2.45, 2.75) is 38.8 Å². The molecule has 0 aliphatic carbocycles. The molecule has 1 aliphatic heterocycles. The first kappa shape index (κ1) is 14.5. The van der Waals surface area contributed by atoms with Crippen LogP contribution >= 0.6 is 22.6 Å². The third-order valence-corrected chi connectivity index (χ3v) is 4.42. The molecule has 21 heavy (non-hydrogen) atoms. The Morgan fingerprint density at radius 2 is 2.00 bits per heavy atom. The van der Waals surface area contributed by atoms with Crippen LogP contribution in [0.2, 0.25) is 0 Å². The van der Waals surface area contributed by atoms with E-state index in [0.717, 1.165) is 34.6 Å². The molecule has 0 radical (unpaired) electrons. The molecule has 0 bridgehead atoms. The number of carbonyl (C=O) groups is 1. The molecule has 1 amide bonds. The normalized spacial score (nSPS) is 14.3. The van der Waals surface area contributed by atoms with Gasteiger partial charge in [-0.15, -0.1) is 10.2 Å². The van der Waals surface area contributed by atoms with Crippen LogP contribution in [0.25, 0.3) is 0 Å². The molecular formula is C15H17IN4O. The molecule has 1 N–H and O–H groups in total. The standard InChI is InChI=1S/C15H17IN4O/c16-12-7-5-11(6-8-12)15(21)17-10-14-19-18-13-4-2-1-3-9-20(13)14/h5-8H,1-4,9-10H2,(H,17,21). The fourth-order valence-electron chi connectivity index (χ4n) is 2.54. The minimum absolute atomic E-state index is 0.0719. The van der Waals surface area contributed by atoms with Gasteiger partial charge in [0.1, 0.15) is 5.82 Å². The van der Waals surface area contributed by atoms with Crippen LogP contribution in [0.4, 0.5) is 0 Å². The Morgan fingerprint density at radius 1 is 1.19 bits per heavy atom. The predicted octanol–water partition coefficient (Wildman–Crippen LogP) is 2.54. The van der Waals surface area contributed by atoms with E-state index in [9.17, 15) is 4.79 Å². The van der Waals surface area contributed by atoms with Gasteiger partial charge < -0.3 is 9.88 Å². The Labute approximate surface area is 137 Å². The van der Waals surface area contributed by atoms with E-state index in [2.05, 4.69) is 42.7 Å². The Morgan fingerprint density at radius 3 is 2.81 bits per heavy atom. The number of hydrogen-bond acceptors (Lipinski definition) is 3. The summed E-state index contributed by atoms with van der Waals surface area (Å²) < 4.78 is 3.27. The maximum absolute atomic E-state index is 12.1. The molecule has 0 atom stereocenters. The topological polar surface area (TPSA) is 59.8 Å². The molecule has 0 fully saturated rings. The van der Waals surface area contributed by atoms with E-state index < -0.39 is 0 Å². The van der Waals surface area contributed by atoms with Crippen LogP contribution in [-0.2, 0) is 19.5 Å². The largest absolute Gasteiger partial charge is 0.345 e. The maximum Gasteiger partial charge on any atom is 0.251 e. The van der Waals surface area contributed by atoms with Gasteiger partial charge in [0.2, 0.25) is 0 Å². The van der Waals surface area contributed by atoms with Crippen LogP contribution in [0.1, 0.15) is 41.3 Å². The number of halogens is 1. The van der Waals surface area contributed by atoms with Gasteiger partial charge in [-0.3, -0.25) is 4.79 Å². The Hall–Kier alpha value is -1.44. The average molecular weight is 396 g/mol. The maximum atomic E-state index is 12.1. The van der Waals surface area contributed by atoms with E-state index in [1.54, 1.807) is 0 Å². The van der Waals surface area contributed by atoms with Gasteiger partial charge in [-0.1, -0.05) is 6.42 Å². The molecule has 1 aromatic carbocycles. The summed E-state index contributed by atoms with van der Waals surface area (Å²) in [4.78, 5) is 12.1. The number of aromatic nitrogens is 3. The van der Waals surface area contributed by atoms with Gasteiger partial charge in [-0.25, -0.2) is 0 Å². The van der Waals surface area contributed by atoms with Crippen molar-refractivity contribution in [2.75, 3.05) is 0 Å². The van der Waals surface area contributed by atoms with E-state index in [0.29, 0.717) is 12.1 Å². The zero-order chi connectivity index (χ0) is 14.7. The van der Waals surface area contributed by atoms with Crippen molar-refractivity contribution in [2.24, 2.45) is 0 Å². The second kappa shape index (κ2) is 6.55. The lowest BCUT2D eigenvalue weighted by Crippen LogP contribution is -2.25. The summed E-state index contributed by atoms with van der Waals surface area (Å²) in [5.74, 6) is 1.83. The zero-order valence-electron chi connectivity index (χ0n) is 11.7. The Kier molecular flexibility index (Phi) is 4.52. The lowest BCUT2D eigenvalue weighted by atomic mass is 10.2. The highest BCUT2D eigenvalue weighted by atomic mass is 127. The van der Waals surface area contributed by atoms with Crippen LogP contribution in [0, 0.1) is 3.57 Å². The number of rotatable bonds is 3. The fraction of sp³-hybridized carbons (Fsp3) is 0.400. The van der Waals surface area contributed by atoms with Gasteiger partial charge in [-0.2, -0.15) is 0 Å². The number of amides is 1. The summed E-state index contributed by atoms with van der Waals surface area (Å²) in [6, 6.07) is 7.53. The first-order chi connectivity index (χ1) is 10.2. The highest BCUT2D eigenvalue weighted by Gasteiger charge is 2.15. The van der Waals surface area contributed by atoms with Gasteiger partial charge in [0.15, 0.2) is 5.82 Å². The molecule has 2 heterocycles. The molecule has 5 nitrogen and oxygen atoms in total. The van der Waals surface area contributed by atoms with Crippen LogP contribution in [0.15, 0.2) is 24.3 Å². The van der Waals surface area contributed by atoms with Crippen molar-refractivity contribution in [1.29, 1.82) is 0 Å². The first-order valence-electron chi connectivity index (χ1n) is 7.19. The molecule has 0 unspecified atom stereocenters. The van der Waals surface area contributed by atoms with Crippen LogP contribution in [-0.4, -0.2) is 20.7 Å². The van der Waals surface area contributed by atoms with E-state index in [-0.39, 0.29) is 5.91 Å². The Bertz CT molecular complexity index is 636. The summed E-state index contributed by atoms with van der Waals surface area (Å²) >= 11 is 2.22. The molecule has 0 spiro atoms. The average Bonchev–Trinajstić information content (AvgIpc) is 2.72. The zero-order valence-corrected chi connectivity index (χ0v) is 13.8. The third kappa shape index (κ3) is 3.42. The molecule has 0 saturated heterocycles. The van der Waals surface area contributed by atoms with Crippen LogP contribution < -0.4 is 5.32 Å². The summed E-state index contributed by atoms with van der Waals surface area (Å²) in [5, 5.41) is 11.4. The number of fused-ring (bicyclic) bond motifs is 1. The number of nitrogens with zero attached hydrogens (tertiary/aromatic N) is 3. The lowest BCUT2D eigenvalue weighted by Gasteiger charge is -2.08. The van der Waals surface area contributed by atoms with E-state index >= 15 is 0 Å². The van der Waals surface area contributed by atoms with Gasteiger partial charge in [-0.05, 0) is 59.7 Å². The van der Waals surface area contributed by atoms with Crippen molar-refractivity contribution in [3.05, 3.63) is 45.0 Å². The number of carbonyl (C=O) groups excluding carboxylic acids is 1. The Balaban J connectivity index is 1.66. The first-order valence-corrected chi connectivity index (χ1v) is 8.26. The second-order valence-corrected chi connectivity index (χ2v) is 6.43. The number of aryl methyl sites for hydroxylation is 1. The smallest absolute Gasteiger partial charge is 0.251 e. The SMILES string of the molecule is O=C(NCc1nnc2n1CCCCC2)c1ccc(I)cc1. The highest BCUT2D eigenvalue weighted by molar-refractivity contribution is 14.1. The van der Waals surface area contributed by atoms with E-state index in [1.165, 1.54) is 12.8 Å². The van der Waals surface area contributed by atoms with Crippen molar-refractivity contribution in [1.82, 2.24) is 20.1 Å². The molecule has 0 saturated carbocycles. The number of nitrogens with one attached hydrogen (secondary N) is 1. The van der Waals surface area contributed by atoms with Gasteiger partial charge in [0.25, 0.3) is 5.91 Å². The monoisotopic (exact) mass is 396 g/mol. The van der Waals surface area contributed by atoms with Crippen LogP contribution in [0.3, 0.4) is 0 Å². The minimum atomic E-state index is -0.0719. The number of hydrogen-bond donors (Lipinski definition) is 1. The fourth-order valence-corrected chi connectivity index (χ4v) is 2.90. The van der Waals surface area contributed by atoms with E-state index in [1.807, 2.05) is 24.3 Å². The molecule has 6 heteroatoms. The van der Waals surface area contributed by atoms with Crippen molar-refractivity contribution in [3.8, 4) is 0 Å². The van der Waals surface area contributed by atoms with Gasteiger partial charge in [0, 0.05) is 22.1 Å². The van der Waals surface area contributed by atoms with Crippen molar-refractivity contribution >= 4 is 28.5 Å². The van der Waals surface area contributed by atoms with Gasteiger partial charge >= 0.3 is 0 Å². The quantitative estimate of drug-likeness (QED) is 0.812. The molecule has 110 valence electrons. The highest BCUT2D eigenvalue weighted by Crippen LogP contribution is 2.14. The number of benzene rings is 1. The third-order valence-electron chi connectivity index (χ3n) is 3.70. The van der Waals surface area contributed by atoms with Gasteiger partial charge in [0.05, 0.1) is 6.54 Å². The minimum Gasteiger partial charge on any atom is -0.345 e.